The molecule has 10 nitrogen and oxygen atoms in total. The molecule has 1 aromatic heterocycles. The van der Waals surface area contributed by atoms with Gasteiger partial charge >= 0.3 is 0 Å². The van der Waals surface area contributed by atoms with E-state index in [4.69, 9.17) is 9.47 Å². The fourth-order valence-corrected chi connectivity index (χ4v) is 4.44. The first-order chi connectivity index (χ1) is 16.4. The highest BCUT2D eigenvalue weighted by molar-refractivity contribution is 6.08. The number of piperidine rings is 1. The molecule has 1 atom stereocenters. The van der Waals surface area contributed by atoms with Gasteiger partial charge in [-0.2, -0.15) is 0 Å². The largest absolute Gasteiger partial charge is 0.497 e. The number of nitrogens with zero attached hydrogens (tertiary/aromatic N) is 1. The zero-order valence-corrected chi connectivity index (χ0v) is 18.6. The van der Waals surface area contributed by atoms with Crippen molar-refractivity contribution in [3.05, 3.63) is 53.2 Å². The highest BCUT2D eigenvalue weighted by atomic mass is 16.5. The smallest absolute Gasteiger partial charge is 0.272 e. The Labute approximate surface area is 194 Å². The van der Waals surface area contributed by atoms with E-state index in [2.05, 4.69) is 15.6 Å². The van der Waals surface area contributed by atoms with Gasteiger partial charge in [-0.1, -0.05) is 0 Å². The number of hydrogen-bond donors (Lipinski definition) is 3. The van der Waals surface area contributed by atoms with Gasteiger partial charge in [-0.15, -0.1) is 0 Å². The van der Waals surface area contributed by atoms with Gasteiger partial charge in [-0.05, 0) is 42.3 Å². The first-order valence-corrected chi connectivity index (χ1v) is 10.7. The van der Waals surface area contributed by atoms with Crippen LogP contribution in [0.2, 0.25) is 0 Å². The van der Waals surface area contributed by atoms with Crippen molar-refractivity contribution in [2.75, 3.05) is 19.5 Å². The van der Waals surface area contributed by atoms with E-state index in [-0.39, 0.29) is 30.7 Å². The number of H-pyrrole nitrogens is 1. The maximum Gasteiger partial charge on any atom is 0.272 e. The number of aromatic amines is 1. The molecule has 3 N–H and O–H groups in total. The summed E-state index contributed by atoms with van der Waals surface area (Å²) >= 11 is 0. The monoisotopic (exact) mass is 462 g/mol. The highest BCUT2D eigenvalue weighted by Gasteiger charge is 2.39. The van der Waals surface area contributed by atoms with Crippen LogP contribution in [0.1, 0.15) is 39.3 Å². The number of carbonyl (C=O) groups is 4. The Morgan fingerprint density at radius 2 is 1.91 bits per heavy atom. The lowest BCUT2D eigenvalue weighted by Gasteiger charge is -2.29. The molecule has 2 aromatic carbocycles. The van der Waals surface area contributed by atoms with Gasteiger partial charge in [0, 0.05) is 35.7 Å². The summed E-state index contributed by atoms with van der Waals surface area (Å²) in [4.78, 5) is 53.9. The van der Waals surface area contributed by atoms with Gasteiger partial charge in [0.25, 0.3) is 11.8 Å². The van der Waals surface area contributed by atoms with Crippen molar-refractivity contribution in [1.29, 1.82) is 0 Å². The summed E-state index contributed by atoms with van der Waals surface area (Å²) in [5, 5.41) is 5.89. The minimum atomic E-state index is -0.686. The van der Waals surface area contributed by atoms with Crippen molar-refractivity contribution < 1.29 is 28.7 Å². The normalized spacial score (nSPS) is 17.5. The Kier molecular flexibility index (Phi) is 5.20. The first-order valence-electron chi connectivity index (χ1n) is 10.7. The van der Waals surface area contributed by atoms with Gasteiger partial charge in [0.05, 0.1) is 19.7 Å². The Hall–Kier alpha value is -4.34. The second-order valence-corrected chi connectivity index (χ2v) is 8.20. The van der Waals surface area contributed by atoms with Crippen LogP contribution in [0.25, 0.3) is 10.9 Å². The van der Waals surface area contributed by atoms with Crippen molar-refractivity contribution in [2.45, 2.75) is 25.4 Å². The standard InChI is InChI=1S/C24H22N4O6/c1-33-15-8-12-9-17(26-21(12)19(10-15)34-2)22(30)25-14-3-4-16-13(7-14)11-28(24(16)32)18-5-6-20(29)27-23(18)31/h3-4,7-10,18,26H,5-6,11H2,1-2H3,(H,25,30)(H,27,29,31). The van der Waals surface area contributed by atoms with Crippen LogP contribution >= 0.6 is 0 Å². The van der Waals surface area contributed by atoms with E-state index in [1.807, 2.05) is 0 Å². The molecule has 10 heteroatoms. The van der Waals surface area contributed by atoms with Gasteiger partial charge in [0.2, 0.25) is 11.8 Å². The quantitative estimate of drug-likeness (QED) is 0.499. The fraction of sp³-hybridized carbons (Fsp3) is 0.250. The predicted molar refractivity (Wildman–Crippen MR) is 122 cm³/mol. The second kappa shape index (κ2) is 8.22. The molecule has 4 amide bonds. The number of carbonyl (C=O) groups excluding carboxylic acids is 4. The summed E-state index contributed by atoms with van der Waals surface area (Å²) in [6.07, 6.45) is 0.488. The zero-order chi connectivity index (χ0) is 24.0. The predicted octanol–water partition coefficient (Wildman–Crippen LogP) is 2.20. The maximum absolute atomic E-state index is 12.9. The number of hydrogen-bond acceptors (Lipinski definition) is 6. The lowest BCUT2D eigenvalue weighted by atomic mass is 10.0. The first kappa shape index (κ1) is 21.5. The van der Waals surface area contributed by atoms with Crippen LogP contribution in [0.4, 0.5) is 5.69 Å². The number of rotatable bonds is 5. The second-order valence-electron chi connectivity index (χ2n) is 8.20. The number of imide groups is 1. The van der Waals surface area contributed by atoms with Crippen LogP contribution < -0.4 is 20.1 Å². The molecule has 1 fully saturated rings. The molecule has 0 saturated carbocycles. The van der Waals surface area contributed by atoms with Crippen LogP contribution in [-0.4, -0.2) is 53.8 Å². The summed E-state index contributed by atoms with van der Waals surface area (Å²) in [6, 6.07) is 9.56. The molecule has 0 bridgehead atoms. The summed E-state index contributed by atoms with van der Waals surface area (Å²) < 4.78 is 10.7. The lowest BCUT2D eigenvalue weighted by Crippen LogP contribution is -2.52. The summed E-state index contributed by atoms with van der Waals surface area (Å²) in [6.45, 7) is 0.230. The van der Waals surface area contributed by atoms with Crippen LogP contribution in [0.3, 0.4) is 0 Å². The van der Waals surface area contributed by atoms with Gasteiger partial charge in [0.15, 0.2) is 0 Å². The maximum atomic E-state index is 12.9. The molecule has 34 heavy (non-hydrogen) atoms. The molecule has 2 aliphatic rings. The van der Waals surface area contributed by atoms with Gasteiger partial charge in [-0.25, -0.2) is 0 Å². The topological polar surface area (TPSA) is 130 Å². The molecule has 0 spiro atoms. The van der Waals surface area contributed by atoms with E-state index in [0.29, 0.717) is 45.9 Å². The van der Waals surface area contributed by atoms with Crippen molar-refractivity contribution in [1.82, 2.24) is 15.2 Å². The molecule has 0 radical (unpaired) electrons. The fourth-order valence-electron chi connectivity index (χ4n) is 4.44. The molecule has 174 valence electrons. The highest BCUT2D eigenvalue weighted by Crippen LogP contribution is 2.32. The van der Waals surface area contributed by atoms with Crippen LogP contribution in [-0.2, 0) is 16.1 Å². The van der Waals surface area contributed by atoms with Crippen molar-refractivity contribution >= 4 is 40.2 Å². The summed E-state index contributed by atoms with van der Waals surface area (Å²) in [5.74, 6) is -0.250. The molecule has 3 aromatic rings. The van der Waals surface area contributed by atoms with E-state index >= 15 is 0 Å². The lowest BCUT2D eigenvalue weighted by molar-refractivity contribution is -0.136. The number of benzene rings is 2. The molecule has 3 heterocycles. The molecule has 2 aliphatic heterocycles. The average Bonchev–Trinajstić information content (AvgIpc) is 3.39. The number of aromatic nitrogens is 1. The van der Waals surface area contributed by atoms with E-state index in [9.17, 15) is 19.2 Å². The number of fused-ring (bicyclic) bond motifs is 2. The number of amides is 4. The number of ether oxygens (including phenoxy) is 2. The third-order valence-corrected chi connectivity index (χ3v) is 6.15. The van der Waals surface area contributed by atoms with Crippen LogP contribution in [0, 0.1) is 0 Å². The van der Waals surface area contributed by atoms with Crippen LogP contribution in [0.15, 0.2) is 36.4 Å². The van der Waals surface area contributed by atoms with E-state index in [1.54, 1.807) is 50.6 Å². The number of methoxy groups -OCH3 is 2. The van der Waals surface area contributed by atoms with Crippen LogP contribution in [0.5, 0.6) is 11.5 Å². The Morgan fingerprint density at radius 3 is 2.65 bits per heavy atom. The molecule has 0 aliphatic carbocycles. The Bertz CT molecular complexity index is 1360. The average molecular weight is 462 g/mol. The van der Waals surface area contributed by atoms with E-state index in [1.165, 1.54) is 4.90 Å². The molecule has 1 unspecified atom stereocenters. The van der Waals surface area contributed by atoms with Crippen molar-refractivity contribution in [2.24, 2.45) is 0 Å². The summed E-state index contributed by atoms with van der Waals surface area (Å²) in [7, 11) is 3.10. The molecular formula is C24H22N4O6. The van der Waals surface area contributed by atoms with Crippen molar-refractivity contribution in [3.8, 4) is 11.5 Å². The van der Waals surface area contributed by atoms with Gasteiger partial charge < -0.3 is 24.7 Å². The van der Waals surface area contributed by atoms with Crippen molar-refractivity contribution in [3.63, 3.8) is 0 Å². The SMILES string of the molecule is COc1cc(OC)c2[nH]c(C(=O)Nc3ccc4c(c3)CN(C3CCC(=O)NC3=O)C4=O)cc2c1. The molecule has 5 rings (SSSR count). The molecule has 1 saturated heterocycles. The minimum absolute atomic E-state index is 0.193. The third-order valence-electron chi connectivity index (χ3n) is 6.15. The minimum Gasteiger partial charge on any atom is -0.497 e. The third kappa shape index (κ3) is 3.62. The van der Waals surface area contributed by atoms with E-state index < -0.39 is 11.9 Å². The number of anilines is 1. The van der Waals surface area contributed by atoms with Gasteiger partial charge in [-0.3, -0.25) is 24.5 Å². The Morgan fingerprint density at radius 1 is 1.09 bits per heavy atom. The Balaban J connectivity index is 1.35. The number of nitrogens with one attached hydrogen (secondary N) is 3. The summed E-state index contributed by atoms with van der Waals surface area (Å²) in [5.41, 5.74) is 2.71. The van der Waals surface area contributed by atoms with Gasteiger partial charge in [0.1, 0.15) is 23.2 Å². The van der Waals surface area contributed by atoms with E-state index in [0.717, 1.165) is 5.39 Å². The molecular weight excluding hydrogens is 440 g/mol. The zero-order valence-electron chi connectivity index (χ0n) is 18.6.